The molecule has 1 aliphatic rings. The first kappa shape index (κ1) is 15.9. The molecule has 114 valence electrons. The molecule has 0 aromatic carbocycles. The molecule has 0 bridgehead atoms. The van der Waals surface area contributed by atoms with Gasteiger partial charge in [-0.05, 0) is 24.9 Å². The van der Waals surface area contributed by atoms with Crippen molar-refractivity contribution in [2.24, 2.45) is 5.92 Å². The van der Waals surface area contributed by atoms with Gasteiger partial charge in [-0.3, -0.25) is 0 Å². The first-order valence-electron chi connectivity index (χ1n) is 6.85. The van der Waals surface area contributed by atoms with Gasteiger partial charge in [0, 0.05) is 37.0 Å². The number of nitrogens with zero attached hydrogens (tertiary/aromatic N) is 1. The monoisotopic (exact) mass is 318 g/mol. The van der Waals surface area contributed by atoms with E-state index in [1.54, 1.807) is 22.9 Å². The predicted molar refractivity (Wildman–Crippen MR) is 80.4 cm³/mol. The highest BCUT2D eigenvalue weighted by molar-refractivity contribution is 7.89. The van der Waals surface area contributed by atoms with Crippen molar-refractivity contribution in [3.05, 3.63) is 16.3 Å². The highest BCUT2D eigenvalue weighted by Crippen LogP contribution is 2.27. The van der Waals surface area contributed by atoms with Crippen molar-refractivity contribution < 1.29 is 13.2 Å². The minimum atomic E-state index is -3.33. The molecule has 7 heteroatoms. The highest BCUT2D eigenvalue weighted by Gasteiger charge is 2.32. The standard InChI is InChI=1S/C13H22N2O3S2/c1-3-14-7-12-6-13(10-19-12)20(16,17)15-5-4-11(8-15)9-18-2/h6,10-11,14H,3-5,7-9H2,1-2H3. The Morgan fingerprint density at radius 2 is 2.35 bits per heavy atom. The summed E-state index contributed by atoms with van der Waals surface area (Å²) in [7, 11) is -1.68. The third-order valence-electron chi connectivity index (χ3n) is 3.47. The first-order chi connectivity index (χ1) is 9.57. The van der Waals surface area contributed by atoms with Gasteiger partial charge in [0.25, 0.3) is 0 Å². The maximum Gasteiger partial charge on any atom is 0.243 e. The molecule has 1 unspecified atom stereocenters. The molecule has 5 nitrogen and oxygen atoms in total. The van der Waals surface area contributed by atoms with Crippen LogP contribution in [-0.2, 0) is 21.3 Å². The van der Waals surface area contributed by atoms with E-state index in [1.807, 2.05) is 6.92 Å². The van der Waals surface area contributed by atoms with Gasteiger partial charge in [-0.2, -0.15) is 4.31 Å². The van der Waals surface area contributed by atoms with Crippen molar-refractivity contribution in [1.82, 2.24) is 9.62 Å². The zero-order valence-corrected chi connectivity index (χ0v) is 13.6. The lowest BCUT2D eigenvalue weighted by atomic mass is 10.1. The number of ether oxygens (including phenoxy) is 1. The smallest absolute Gasteiger partial charge is 0.243 e. The number of sulfonamides is 1. The second kappa shape index (κ2) is 7.00. The minimum absolute atomic E-state index is 0.314. The number of hydrogen-bond acceptors (Lipinski definition) is 5. The Morgan fingerprint density at radius 1 is 1.55 bits per heavy atom. The average molecular weight is 318 g/mol. The van der Waals surface area contributed by atoms with Crippen molar-refractivity contribution in [1.29, 1.82) is 0 Å². The van der Waals surface area contributed by atoms with Crippen molar-refractivity contribution in [3.8, 4) is 0 Å². The molecule has 0 amide bonds. The number of methoxy groups -OCH3 is 1. The Hall–Kier alpha value is -0.470. The van der Waals surface area contributed by atoms with Crippen LogP contribution in [0.1, 0.15) is 18.2 Å². The molecule has 2 rings (SSSR count). The van der Waals surface area contributed by atoms with Crippen LogP contribution in [0.5, 0.6) is 0 Å². The summed E-state index contributed by atoms with van der Waals surface area (Å²) in [6.45, 7) is 5.42. The Bertz CT molecular complexity index is 527. The summed E-state index contributed by atoms with van der Waals surface area (Å²) < 4.78 is 31.8. The SMILES string of the molecule is CCNCc1cc(S(=O)(=O)N2CCC(COC)C2)cs1. The van der Waals surface area contributed by atoms with E-state index in [0.29, 0.717) is 30.5 Å². The van der Waals surface area contributed by atoms with Gasteiger partial charge >= 0.3 is 0 Å². The predicted octanol–water partition coefficient (Wildman–Crippen LogP) is 1.51. The quantitative estimate of drug-likeness (QED) is 0.828. The van der Waals surface area contributed by atoms with Crippen LogP contribution in [0.15, 0.2) is 16.3 Å². The van der Waals surface area contributed by atoms with Gasteiger partial charge in [0.15, 0.2) is 0 Å². The summed E-state index contributed by atoms with van der Waals surface area (Å²) in [4.78, 5) is 1.48. The van der Waals surface area contributed by atoms with E-state index in [0.717, 1.165) is 24.4 Å². The summed E-state index contributed by atoms with van der Waals surface area (Å²) in [6, 6.07) is 1.78. The van der Waals surface area contributed by atoms with Crippen molar-refractivity contribution in [2.75, 3.05) is 33.4 Å². The molecule has 2 heterocycles. The average Bonchev–Trinajstić information content (AvgIpc) is 3.06. The molecular formula is C13H22N2O3S2. The van der Waals surface area contributed by atoms with Gasteiger partial charge in [-0.15, -0.1) is 11.3 Å². The molecule has 0 radical (unpaired) electrons. The topological polar surface area (TPSA) is 58.6 Å². The fraction of sp³-hybridized carbons (Fsp3) is 0.692. The molecule has 0 aliphatic carbocycles. The lowest BCUT2D eigenvalue weighted by Crippen LogP contribution is -2.29. The number of rotatable bonds is 7. The first-order valence-corrected chi connectivity index (χ1v) is 9.17. The Kier molecular flexibility index (Phi) is 5.57. The van der Waals surface area contributed by atoms with Crippen LogP contribution in [0.2, 0.25) is 0 Å². The summed E-state index contributed by atoms with van der Waals surface area (Å²) in [5, 5.41) is 4.95. The molecule has 1 atom stereocenters. The highest BCUT2D eigenvalue weighted by atomic mass is 32.2. The van der Waals surface area contributed by atoms with E-state index >= 15 is 0 Å². The molecule has 1 fully saturated rings. The molecular weight excluding hydrogens is 296 g/mol. The van der Waals surface area contributed by atoms with Gasteiger partial charge in [0.2, 0.25) is 10.0 Å². The Labute approximate surface area is 125 Å². The zero-order chi connectivity index (χ0) is 14.6. The van der Waals surface area contributed by atoms with E-state index in [2.05, 4.69) is 5.32 Å². The van der Waals surface area contributed by atoms with E-state index in [4.69, 9.17) is 4.74 Å². The molecule has 1 aliphatic heterocycles. The van der Waals surface area contributed by atoms with E-state index in [-0.39, 0.29) is 0 Å². The zero-order valence-electron chi connectivity index (χ0n) is 12.0. The van der Waals surface area contributed by atoms with Gasteiger partial charge in [-0.25, -0.2) is 8.42 Å². The number of thiophene rings is 1. The second-order valence-electron chi connectivity index (χ2n) is 5.00. The maximum atomic E-state index is 12.5. The lowest BCUT2D eigenvalue weighted by Gasteiger charge is -2.15. The summed E-state index contributed by atoms with van der Waals surface area (Å²) in [5.41, 5.74) is 0. The van der Waals surface area contributed by atoms with E-state index < -0.39 is 10.0 Å². The molecule has 1 N–H and O–H groups in total. The fourth-order valence-electron chi connectivity index (χ4n) is 2.37. The van der Waals surface area contributed by atoms with Crippen molar-refractivity contribution in [2.45, 2.75) is 24.8 Å². The molecule has 0 saturated carbocycles. The van der Waals surface area contributed by atoms with Crippen molar-refractivity contribution >= 4 is 21.4 Å². The molecule has 1 aromatic heterocycles. The van der Waals surface area contributed by atoms with Gasteiger partial charge < -0.3 is 10.1 Å². The minimum Gasteiger partial charge on any atom is -0.384 e. The Morgan fingerprint density at radius 3 is 3.05 bits per heavy atom. The van der Waals surface area contributed by atoms with Crippen LogP contribution >= 0.6 is 11.3 Å². The van der Waals surface area contributed by atoms with E-state index in [9.17, 15) is 8.42 Å². The van der Waals surface area contributed by atoms with Crippen LogP contribution in [-0.4, -0.2) is 46.1 Å². The third kappa shape index (κ3) is 3.59. The molecule has 1 aromatic rings. The van der Waals surface area contributed by atoms with Crippen LogP contribution < -0.4 is 5.32 Å². The van der Waals surface area contributed by atoms with Crippen molar-refractivity contribution in [3.63, 3.8) is 0 Å². The normalized spacial score (nSPS) is 20.6. The number of nitrogens with one attached hydrogen (secondary N) is 1. The molecule has 20 heavy (non-hydrogen) atoms. The van der Waals surface area contributed by atoms with Crippen LogP contribution in [0.3, 0.4) is 0 Å². The van der Waals surface area contributed by atoms with Crippen LogP contribution in [0, 0.1) is 5.92 Å². The van der Waals surface area contributed by atoms with Crippen LogP contribution in [0.4, 0.5) is 0 Å². The molecule has 0 spiro atoms. The maximum absolute atomic E-state index is 12.5. The second-order valence-corrected chi connectivity index (χ2v) is 7.94. The summed E-state index contributed by atoms with van der Waals surface area (Å²) in [5.74, 6) is 0.314. The largest absolute Gasteiger partial charge is 0.384 e. The van der Waals surface area contributed by atoms with Crippen LogP contribution in [0.25, 0.3) is 0 Å². The third-order valence-corrected chi connectivity index (χ3v) is 6.40. The summed E-state index contributed by atoms with van der Waals surface area (Å²) in [6.07, 6.45) is 0.876. The van der Waals surface area contributed by atoms with E-state index in [1.165, 1.54) is 11.3 Å². The van der Waals surface area contributed by atoms with Gasteiger partial charge in [0.05, 0.1) is 11.5 Å². The summed E-state index contributed by atoms with van der Waals surface area (Å²) >= 11 is 1.49. The number of hydrogen-bond donors (Lipinski definition) is 1. The lowest BCUT2D eigenvalue weighted by molar-refractivity contribution is 0.157. The fourth-order valence-corrected chi connectivity index (χ4v) is 5.14. The van der Waals surface area contributed by atoms with Gasteiger partial charge in [-0.1, -0.05) is 6.92 Å². The Balaban J connectivity index is 2.05. The molecule has 1 saturated heterocycles. The van der Waals surface area contributed by atoms with Gasteiger partial charge in [0.1, 0.15) is 0 Å².